The molecule has 2 aliphatic rings. The molecular weight excluding hydrogens is 530 g/mol. The van der Waals surface area contributed by atoms with Crippen LogP contribution >= 0.6 is 0 Å². The molecule has 2 N–H and O–H groups in total. The van der Waals surface area contributed by atoms with Crippen LogP contribution in [-0.4, -0.2) is 76.3 Å². The molecule has 1 aliphatic carbocycles. The molecule has 3 aromatic heterocycles. The second-order valence-corrected chi connectivity index (χ2v) is 11.4. The zero-order valence-electron chi connectivity index (χ0n) is 24.0. The van der Waals surface area contributed by atoms with E-state index in [2.05, 4.69) is 20.7 Å². The van der Waals surface area contributed by atoms with Crippen LogP contribution in [0.15, 0.2) is 35.4 Å². The lowest BCUT2D eigenvalue weighted by Crippen LogP contribution is -2.51. The van der Waals surface area contributed by atoms with Gasteiger partial charge in [0.25, 0.3) is 11.5 Å². The largest absolute Gasteiger partial charge is 0.443 e. The fraction of sp³-hybridized carbons (Fsp3) is 0.536. The van der Waals surface area contributed by atoms with Crippen molar-refractivity contribution in [2.24, 2.45) is 0 Å². The average Bonchev–Trinajstić information content (AvgIpc) is 3.35. The number of pyridine rings is 1. The van der Waals surface area contributed by atoms with Crippen LogP contribution < -0.4 is 21.1 Å². The Kier molecular flexibility index (Phi) is 8.00. The van der Waals surface area contributed by atoms with Crippen LogP contribution in [0, 0.1) is 0 Å². The van der Waals surface area contributed by atoms with Crippen LogP contribution in [0.25, 0.3) is 5.65 Å². The third kappa shape index (κ3) is 6.05. The first kappa shape index (κ1) is 28.6. The molecule has 3 aromatic rings. The lowest BCUT2D eigenvalue weighted by atomic mass is 9.89. The molecule has 0 radical (unpaired) electrons. The highest BCUT2D eigenvalue weighted by Gasteiger charge is 2.33. The van der Waals surface area contributed by atoms with Crippen molar-refractivity contribution in [2.75, 3.05) is 37.6 Å². The molecule has 4 heterocycles. The number of methoxy groups -OCH3 is 1. The van der Waals surface area contributed by atoms with Crippen molar-refractivity contribution < 1.29 is 23.8 Å². The quantitative estimate of drug-likeness (QED) is 0.440. The van der Waals surface area contributed by atoms with Crippen molar-refractivity contribution in [1.82, 2.24) is 24.5 Å². The Morgan fingerprint density at radius 1 is 1.17 bits per heavy atom. The number of amides is 2. The Labute approximate surface area is 237 Å². The van der Waals surface area contributed by atoms with Gasteiger partial charge in [-0.1, -0.05) is 0 Å². The summed E-state index contributed by atoms with van der Waals surface area (Å²) in [6.07, 6.45) is 5.70. The lowest BCUT2D eigenvalue weighted by Gasteiger charge is -2.35. The number of hydrogen-bond acceptors (Lipinski definition) is 9. The van der Waals surface area contributed by atoms with Crippen molar-refractivity contribution in [3.63, 3.8) is 0 Å². The molecule has 1 aliphatic heterocycles. The minimum absolute atomic E-state index is 0.0358. The monoisotopic (exact) mass is 567 g/mol. The van der Waals surface area contributed by atoms with Gasteiger partial charge in [-0.2, -0.15) is 0 Å². The zero-order valence-corrected chi connectivity index (χ0v) is 24.0. The highest BCUT2D eigenvalue weighted by Crippen LogP contribution is 2.28. The molecular formula is C28H37N7O6. The van der Waals surface area contributed by atoms with Gasteiger partial charge in [0, 0.05) is 45.7 Å². The second-order valence-electron chi connectivity index (χ2n) is 11.4. The maximum atomic E-state index is 13.4. The number of nitrogens with zero attached hydrogens (tertiary/aromatic N) is 5. The standard InChI is InChI=1S/C28H37N7O6/c1-28(2,3)41-27(38)33(4)20-15-23(30-19-7-6-12-34(26(19)37)17-10-13-40-14-11-17)32-35-21(16-29-24(20)35)25(36)31-18-8-9-22(18)39-5/h6-7,12,15-18,22H,8-11,13-14H2,1-5H3,(H,30,32)(H,31,36)/t18-,22-/m1/s1. The summed E-state index contributed by atoms with van der Waals surface area (Å²) in [6, 6.07) is 4.99. The van der Waals surface area contributed by atoms with Gasteiger partial charge >= 0.3 is 6.09 Å². The summed E-state index contributed by atoms with van der Waals surface area (Å²) in [4.78, 5) is 45.4. The number of hydrogen-bond donors (Lipinski definition) is 2. The molecule has 41 heavy (non-hydrogen) atoms. The third-order valence-corrected chi connectivity index (χ3v) is 7.36. The van der Waals surface area contributed by atoms with Crippen LogP contribution in [0.2, 0.25) is 0 Å². The van der Waals surface area contributed by atoms with E-state index in [1.54, 1.807) is 63.9 Å². The Hall–Kier alpha value is -3.97. The van der Waals surface area contributed by atoms with Crippen molar-refractivity contribution in [3.8, 4) is 0 Å². The summed E-state index contributed by atoms with van der Waals surface area (Å²) in [7, 11) is 3.18. The highest BCUT2D eigenvalue weighted by molar-refractivity contribution is 5.96. The number of imidazole rings is 1. The molecule has 2 fully saturated rings. The molecule has 220 valence electrons. The first-order valence-electron chi connectivity index (χ1n) is 13.8. The molecule has 2 amide bonds. The summed E-state index contributed by atoms with van der Waals surface area (Å²) < 4.78 is 19.5. The first-order valence-corrected chi connectivity index (χ1v) is 13.8. The summed E-state index contributed by atoms with van der Waals surface area (Å²) in [5.74, 6) is -0.128. The van der Waals surface area contributed by atoms with Gasteiger partial charge < -0.3 is 29.4 Å². The highest BCUT2D eigenvalue weighted by atomic mass is 16.6. The molecule has 1 saturated carbocycles. The normalized spacial score (nSPS) is 19.4. The maximum Gasteiger partial charge on any atom is 0.414 e. The van der Waals surface area contributed by atoms with Crippen molar-refractivity contribution in [2.45, 2.75) is 70.2 Å². The van der Waals surface area contributed by atoms with Gasteiger partial charge in [-0.05, 0) is 58.6 Å². The van der Waals surface area contributed by atoms with Crippen LogP contribution in [0.1, 0.15) is 63.0 Å². The van der Waals surface area contributed by atoms with Gasteiger partial charge in [-0.25, -0.2) is 14.3 Å². The second kappa shape index (κ2) is 11.5. The van der Waals surface area contributed by atoms with Gasteiger partial charge in [0.15, 0.2) is 17.2 Å². The van der Waals surface area contributed by atoms with E-state index >= 15 is 0 Å². The number of aromatic nitrogens is 4. The fourth-order valence-corrected chi connectivity index (χ4v) is 5.00. The summed E-state index contributed by atoms with van der Waals surface area (Å²) in [5.41, 5.74) is 0.170. The maximum absolute atomic E-state index is 13.4. The van der Waals surface area contributed by atoms with Gasteiger partial charge in [-0.15, -0.1) is 5.10 Å². The number of rotatable bonds is 7. The fourth-order valence-electron chi connectivity index (χ4n) is 5.00. The first-order chi connectivity index (χ1) is 19.6. The molecule has 2 atom stereocenters. The van der Waals surface area contributed by atoms with E-state index in [-0.39, 0.29) is 46.8 Å². The third-order valence-electron chi connectivity index (χ3n) is 7.36. The molecule has 0 spiro atoms. The number of anilines is 3. The topological polar surface area (TPSA) is 141 Å². The molecule has 13 nitrogen and oxygen atoms in total. The molecule has 0 bridgehead atoms. The van der Waals surface area contributed by atoms with Crippen LogP contribution in [0.3, 0.4) is 0 Å². The van der Waals surface area contributed by atoms with E-state index in [0.717, 1.165) is 25.7 Å². The lowest BCUT2D eigenvalue weighted by molar-refractivity contribution is 0.00718. The van der Waals surface area contributed by atoms with E-state index in [1.807, 2.05) is 0 Å². The number of nitrogens with one attached hydrogen (secondary N) is 2. The van der Waals surface area contributed by atoms with Gasteiger partial charge in [-0.3, -0.25) is 14.5 Å². The van der Waals surface area contributed by atoms with Gasteiger partial charge in [0.05, 0.1) is 24.0 Å². The van der Waals surface area contributed by atoms with Gasteiger partial charge in [0.1, 0.15) is 11.3 Å². The summed E-state index contributed by atoms with van der Waals surface area (Å²) >= 11 is 0. The molecule has 0 aromatic carbocycles. The Morgan fingerprint density at radius 3 is 2.59 bits per heavy atom. The number of fused-ring (bicyclic) bond motifs is 1. The molecule has 13 heteroatoms. The molecule has 5 rings (SSSR count). The average molecular weight is 568 g/mol. The predicted octanol–water partition coefficient (Wildman–Crippen LogP) is 3.26. The van der Waals surface area contributed by atoms with Crippen LogP contribution in [0.4, 0.5) is 22.0 Å². The summed E-state index contributed by atoms with van der Waals surface area (Å²) in [5, 5.41) is 10.7. The Bertz CT molecular complexity index is 1490. The number of carbonyl (C=O) groups is 2. The van der Waals surface area contributed by atoms with Crippen molar-refractivity contribution >= 4 is 34.8 Å². The van der Waals surface area contributed by atoms with E-state index in [9.17, 15) is 14.4 Å². The minimum atomic E-state index is -0.726. The van der Waals surface area contributed by atoms with E-state index in [1.165, 1.54) is 15.6 Å². The van der Waals surface area contributed by atoms with Crippen LogP contribution in [0.5, 0.6) is 0 Å². The summed E-state index contributed by atoms with van der Waals surface area (Å²) in [6.45, 7) is 6.53. The van der Waals surface area contributed by atoms with Crippen molar-refractivity contribution in [3.05, 3.63) is 46.6 Å². The SMILES string of the molecule is CO[C@@H]1CC[C@H]1NC(=O)c1cnc2c(N(C)C(=O)OC(C)(C)C)cc(Nc3cccn(C4CCOCC4)c3=O)nn12. The van der Waals surface area contributed by atoms with E-state index in [0.29, 0.717) is 24.6 Å². The zero-order chi connectivity index (χ0) is 29.3. The van der Waals surface area contributed by atoms with Crippen LogP contribution in [-0.2, 0) is 14.2 Å². The molecule has 1 saturated heterocycles. The molecule has 0 unspecified atom stereocenters. The van der Waals surface area contributed by atoms with Crippen molar-refractivity contribution in [1.29, 1.82) is 0 Å². The van der Waals surface area contributed by atoms with Gasteiger partial charge in [0.2, 0.25) is 0 Å². The predicted molar refractivity (Wildman–Crippen MR) is 152 cm³/mol. The number of carbonyl (C=O) groups excluding carboxylic acids is 2. The van der Waals surface area contributed by atoms with E-state index < -0.39 is 11.7 Å². The number of ether oxygens (including phenoxy) is 3. The Balaban J connectivity index is 1.53. The smallest absolute Gasteiger partial charge is 0.414 e. The minimum Gasteiger partial charge on any atom is -0.443 e. The Morgan fingerprint density at radius 2 is 1.93 bits per heavy atom. The van der Waals surface area contributed by atoms with E-state index in [4.69, 9.17) is 14.2 Å².